The van der Waals surface area contributed by atoms with Crippen LogP contribution < -0.4 is 4.90 Å². The molecule has 1 atom stereocenters. The van der Waals surface area contributed by atoms with E-state index in [0.717, 1.165) is 43.8 Å². The van der Waals surface area contributed by atoms with Crippen LogP contribution in [0.25, 0.3) is 0 Å². The first kappa shape index (κ1) is 23.6. The number of aliphatic hydroxyl groups excluding tert-OH is 1. The van der Waals surface area contributed by atoms with E-state index in [9.17, 15) is 9.90 Å². The number of carbonyl (C=O) groups is 1. The summed E-state index contributed by atoms with van der Waals surface area (Å²) in [6.45, 7) is 4.37. The normalized spacial score (nSPS) is 20.3. The molecule has 1 N–H and O–H groups in total. The van der Waals surface area contributed by atoms with Crippen molar-refractivity contribution in [2.24, 2.45) is 0 Å². The van der Waals surface area contributed by atoms with E-state index in [1.165, 1.54) is 21.8 Å². The molecule has 0 saturated carbocycles. The van der Waals surface area contributed by atoms with Crippen LogP contribution in [-0.2, 0) is 6.42 Å². The van der Waals surface area contributed by atoms with Gasteiger partial charge in [0.25, 0.3) is 5.91 Å². The molecule has 3 aromatic rings. The number of β-amino-alcohol motifs (C(OH)–C–C–N with tert-alkyl or cyclic N) is 1. The highest BCUT2D eigenvalue weighted by Gasteiger charge is 2.33. The molecule has 6 heteroatoms. The van der Waals surface area contributed by atoms with Crippen LogP contribution in [0.2, 0.25) is 0 Å². The van der Waals surface area contributed by atoms with Gasteiger partial charge in [0.05, 0.1) is 17.5 Å². The van der Waals surface area contributed by atoms with Crippen LogP contribution >= 0.6 is 11.8 Å². The number of carbonyl (C=O) groups excluding carboxylic acids is 1. The molecule has 36 heavy (non-hydrogen) atoms. The number of aliphatic hydroxyl groups is 1. The molecule has 1 amide bonds. The first-order chi connectivity index (χ1) is 17.7. The fraction of sp³-hybridized carbons (Fsp3) is 0.367. The maximum Gasteiger partial charge on any atom is 0.253 e. The number of benzene rings is 3. The van der Waals surface area contributed by atoms with Crippen molar-refractivity contribution in [2.75, 3.05) is 37.6 Å². The Hall–Kier alpha value is -2.80. The van der Waals surface area contributed by atoms with Gasteiger partial charge in [-0.25, -0.2) is 0 Å². The number of amides is 1. The van der Waals surface area contributed by atoms with Gasteiger partial charge < -0.3 is 19.8 Å². The summed E-state index contributed by atoms with van der Waals surface area (Å²) >= 11 is 1.76. The number of rotatable bonds is 5. The first-order valence-corrected chi connectivity index (χ1v) is 13.9. The number of hydrogen-bond acceptors (Lipinski definition) is 5. The Kier molecular flexibility index (Phi) is 6.74. The van der Waals surface area contributed by atoms with Crippen LogP contribution in [0.15, 0.2) is 82.6 Å². The SMILES string of the molecule is O=C(c1ccc2c(c1)Sc1ccccc1N2C1CCN(CCc2ccccc2)CC1)N1CCC(O)C1. The molecule has 0 aromatic heterocycles. The van der Waals surface area contributed by atoms with Crippen molar-refractivity contribution in [2.45, 2.75) is 47.6 Å². The molecule has 5 nitrogen and oxygen atoms in total. The third-order valence-electron chi connectivity index (χ3n) is 7.74. The lowest BCUT2D eigenvalue weighted by molar-refractivity contribution is 0.0764. The topological polar surface area (TPSA) is 47.0 Å². The summed E-state index contributed by atoms with van der Waals surface area (Å²) in [7, 11) is 0. The predicted molar refractivity (Wildman–Crippen MR) is 145 cm³/mol. The standard InChI is InChI=1S/C30H33N3O2S/c34-25-15-19-32(21-25)30(35)23-10-11-27-29(20-23)36-28-9-5-4-8-26(28)33(27)24-13-17-31(18-14-24)16-12-22-6-2-1-3-7-22/h1-11,20,24-25,34H,12-19,21H2. The van der Waals surface area contributed by atoms with E-state index >= 15 is 0 Å². The minimum absolute atomic E-state index is 0.0204. The third kappa shape index (κ3) is 4.77. The number of nitrogens with zero attached hydrogens (tertiary/aromatic N) is 3. The summed E-state index contributed by atoms with van der Waals surface area (Å²) in [4.78, 5) is 22.4. The molecule has 0 aliphatic carbocycles. The number of anilines is 2. The second kappa shape index (κ2) is 10.3. The van der Waals surface area contributed by atoms with Gasteiger partial charge in [-0.3, -0.25) is 4.79 Å². The molecule has 3 aliphatic heterocycles. The number of fused-ring (bicyclic) bond motifs is 2. The number of likely N-dealkylation sites (tertiary alicyclic amines) is 2. The van der Waals surface area contributed by atoms with Gasteiger partial charge in [0.1, 0.15) is 0 Å². The second-order valence-corrected chi connectivity index (χ2v) is 11.2. The van der Waals surface area contributed by atoms with Crippen molar-refractivity contribution in [3.05, 3.63) is 83.9 Å². The molecule has 0 radical (unpaired) electrons. The molecular formula is C30H33N3O2S. The Morgan fingerprint density at radius 2 is 1.61 bits per heavy atom. The Balaban J connectivity index is 1.20. The second-order valence-electron chi connectivity index (χ2n) is 10.1. The van der Waals surface area contributed by atoms with E-state index in [2.05, 4.69) is 76.5 Å². The number of hydrogen-bond donors (Lipinski definition) is 1. The average molecular weight is 500 g/mol. The molecule has 3 heterocycles. The zero-order valence-electron chi connectivity index (χ0n) is 20.6. The van der Waals surface area contributed by atoms with Gasteiger partial charge in [-0.15, -0.1) is 0 Å². The van der Waals surface area contributed by atoms with E-state index in [1.807, 2.05) is 6.07 Å². The van der Waals surface area contributed by atoms with E-state index < -0.39 is 6.10 Å². The van der Waals surface area contributed by atoms with Crippen LogP contribution in [0, 0.1) is 0 Å². The molecule has 3 aromatic carbocycles. The van der Waals surface area contributed by atoms with Gasteiger partial charge in [0, 0.05) is 54.1 Å². The van der Waals surface area contributed by atoms with Gasteiger partial charge in [0.15, 0.2) is 0 Å². The summed E-state index contributed by atoms with van der Waals surface area (Å²) in [5.74, 6) is 0.0204. The van der Waals surface area contributed by atoms with Crippen molar-refractivity contribution in [1.29, 1.82) is 0 Å². The minimum atomic E-state index is -0.401. The van der Waals surface area contributed by atoms with Crippen LogP contribution in [0.4, 0.5) is 11.4 Å². The van der Waals surface area contributed by atoms with Crippen molar-refractivity contribution < 1.29 is 9.90 Å². The quantitative estimate of drug-likeness (QED) is 0.523. The van der Waals surface area contributed by atoms with Crippen LogP contribution in [0.3, 0.4) is 0 Å². The van der Waals surface area contributed by atoms with Gasteiger partial charge in [-0.1, -0.05) is 54.2 Å². The van der Waals surface area contributed by atoms with E-state index in [4.69, 9.17) is 0 Å². The van der Waals surface area contributed by atoms with Crippen LogP contribution in [0.1, 0.15) is 35.2 Å². The fourth-order valence-electron chi connectivity index (χ4n) is 5.75. The van der Waals surface area contributed by atoms with Crippen molar-refractivity contribution in [3.63, 3.8) is 0 Å². The molecule has 2 fully saturated rings. The minimum Gasteiger partial charge on any atom is -0.391 e. The molecule has 0 spiro atoms. The lowest BCUT2D eigenvalue weighted by Gasteiger charge is -2.43. The Morgan fingerprint density at radius 1 is 0.861 bits per heavy atom. The van der Waals surface area contributed by atoms with Gasteiger partial charge in [-0.05, 0) is 61.6 Å². The van der Waals surface area contributed by atoms with Crippen LogP contribution in [0.5, 0.6) is 0 Å². The number of piperidine rings is 1. The van der Waals surface area contributed by atoms with E-state index in [1.54, 1.807) is 16.7 Å². The Morgan fingerprint density at radius 3 is 2.39 bits per heavy atom. The lowest BCUT2D eigenvalue weighted by Crippen LogP contribution is -2.44. The van der Waals surface area contributed by atoms with Crippen molar-refractivity contribution >= 4 is 29.0 Å². The molecule has 6 rings (SSSR count). The van der Waals surface area contributed by atoms with Crippen LogP contribution in [-0.4, -0.2) is 65.7 Å². The summed E-state index contributed by atoms with van der Waals surface area (Å²) in [6, 6.07) is 26.0. The zero-order valence-corrected chi connectivity index (χ0v) is 21.4. The third-order valence-corrected chi connectivity index (χ3v) is 8.86. The Labute approximate surface area is 217 Å². The van der Waals surface area contributed by atoms with Gasteiger partial charge >= 0.3 is 0 Å². The van der Waals surface area contributed by atoms with Gasteiger partial charge in [0.2, 0.25) is 0 Å². The van der Waals surface area contributed by atoms with E-state index in [-0.39, 0.29) is 5.91 Å². The predicted octanol–water partition coefficient (Wildman–Crippen LogP) is 5.20. The lowest BCUT2D eigenvalue weighted by atomic mass is 10.00. The summed E-state index contributed by atoms with van der Waals surface area (Å²) < 4.78 is 0. The molecule has 3 aliphatic rings. The maximum absolute atomic E-state index is 13.1. The monoisotopic (exact) mass is 499 g/mol. The zero-order chi connectivity index (χ0) is 24.5. The van der Waals surface area contributed by atoms with Crippen molar-refractivity contribution in [3.8, 4) is 0 Å². The summed E-state index contributed by atoms with van der Waals surface area (Å²) in [6.07, 6.45) is 3.61. The van der Waals surface area contributed by atoms with E-state index in [0.29, 0.717) is 31.1 Å². The highest BCUT2D eigenvalue weighted by molar-refractivity contribution is 7.99. The smallest absolute Gasteiger partial charge is 0.253 e. The van der Waals surface area contributed by atoms with Crippen molar-refractivity contribution in [1.82, 2.24) is 9.80 Å². The first-order valence-electron chi connectivity index (χ1n) is 13.1. The fourth-order valence-corrected chi connectivity index (χ4v) is 6.87. The molecule has 2 saturated heterocycles. The highest BCUT2D eigenvalue weighted by Crippen LogP contribution is 2.50. The van der Waals surface area contributed by atoms with Gasteiger partial charge in [-0.2, -0.15) is 0 Å². The maximum atomic E-state index is 13.1. The average Bonchev–Trinajstić information content (AvgIpc) is 3.37. The summed E-state index contributed by atoms with van der Waals surface area (Å²) in [5, 5.41) is 9.88. The largest absolute Gasteiger partial charge is 0.391 e. The number of para-hydroxylation sites is 1. The highest BCUT2D eigenvalue weighted by atomic mass is 32.2. The summed E-state index contributed by atoms with van der Waals surface area (Å²) in [5.41, 5.74) is 4.61. The molecule has 0 bridgehead atoms. The molecule has 1 unspecified atom stereocenters. The Bertz CT molecular complexity index is 1230. The molecule has 186 valence electrons. The molecular weight excluding hydrogens is 466 g/mol.